The Balaban J connectivity index is 2.35. The van der Waals surface area contributed by atoms with Crippen LogP contribution < -0.4 is 0 Å². The van der Waals surface area contributed by atoms with Crippen molar-refractivity contribution < 1.29 is 9.00 Å². The van der Waals surface area contributed by atoms with Crippen LogP contribution in [0.1, 0.15) is 44.2 Å². The van der Waals surface area contributed by atoms with Gasteiger partial charge >= 0.3 is 0 Å². The first-order valence-corrected chi connectivity index (χ1v) is 10.6. The van der Waals surface area contributed by atoms with E-state index < -0.39 is 10.8 Å². The van der Waals surface area contributed by atoms with Gasteiger partial charge in [-0.2, -0.15) is 0 Å². The van der Waals surface area contributed by atoms with Gasteiger partial charge in [-0.1, -0.05) is 36.7 Å². The van der Waals surface area contributed by atoms with Crippen molar-refractivity contribution in [1.82, 2.24) is 4.90 Å². The van der Waals surface area contributed by atoms with E-state index in [2.05, 4.69) is 13.5 Å². The van der Waals surface area contributed by atoms with E-state index in [1.807, 2.05) is 35.2 Å². The lowest BCUT2D eigenvalue weighted by molar-refractivity contribution is -0.144. The fourth-order valence-corrected chi connectivity index (χ4v) is 4.58. The second kappa shape index (κ2) is 8.82. The summed E-state index contributed by atoms with van der Waals surface area (Å²) in [6.07, 6.45) is 6.81. The second-order valence-corrected chi connectivity index (χ2v) is 8.33. The molecule has 24 heavy (non-hydrogen) atoms. The summed E-state index contributed by atoms with van der Waals surface area (Å²) in [5.41, 5.74) is 1.10. The Morgan fingerprint density at radius 3 is 2.58 bits per heavy atom. The molecule has 0 N–H and O–H groups in total. The maximum atomic E-state index is 13.1. The first-order valence-electron chi connectivity index (χ1n) is 8.46. The zero-order chi connectivity index (χ0) is 17.7. The number of allylic oxidation sites excluding steroid dienone is 1. The molecule has 0 spiro atoms. The van der Waals surface area contributed by atoms with Crippen LogP contribution in [0.25, 0.3) is 0 Å². The van der Waals surface area contributed by atoms with Crippen molar-refractivity contribution in [2.24, 2.45) is 5.92 Å². The van der Waals surface area contributed by atoms with Gasteiger partial charge < -0.3 is 4.90 Å². The van der Waals surface area contributed by atoms with Crippen LogP contribution in [0, 0.1) is 5.92 Å². The van der Waals surface area contributed by atoms with Crippen molar-refractivity contribution in [3.8, 4) is 0 Å². The minimum absolute atomic E-state index is 0.00312. The van der Waals surface area contributed by atoms with Crippen LogP contribution in [0.2, 0.25) is 5.02 Å². The minimum atomic E-state index is -0.937. The summed E-state index contributed by atoms with van der Waals surface area (Å²) >= 11 is 6.01. The van der Waals surface area contributed by atoms with E-state index in [4.69, 9.17) is 11.6 Å². The highest BCUT2D eigenvalue weighted by Gasteiger charge is 2.39. The lowest BCUT2D eigenvalue weighted by Gasteiger charge is -2.44. The highest BCUT2D eigenvalue weighted by molar-refractivity contribution is 7.84. The molecular weight excluding hydrogens is 342 g/mol. The second-order valence-electron chi connectivity index (χ2n) is 6.41. The monoisotopic (exact) mass is 367 g/mol. The molecule has 1 aromatic rings. The Bertz CT molecular complexity index is 602. The van der Waals surface area contributed by atoms with Gasteiger partial charge in [0.15, 0.2) is 0 Å². The maximum Gasteiger partial charge on any atom is 0.226 e. The molecule has 1 amide bonds. The Labute approximate surface area is 152 Å². The number of halogens is 1. The zero-order valence-corrected chi connectivity index (χ0v) is 16.0. The molecule has 5 heteroatoms. The molecule has 0 saturated carbocycles. The topological polar surface area (TPSA) is 37.4 Å². The third kappa shape index (κ3) is 4.48. The lowest BCUT2D eigenvalue weighted by atomic mass is 9.85. The molecule has 1 fully saturated rings. The molecule has 0 bridgehead atoms. The quantitative estimate of drug-likeness (QED) is 0.672. The number of hydrogen-bond acceptors (Lipinski definition) is 2. The molecule has 1 aromatic carbocycles. The van der Waals surface area contributed by atoms with Gasteiger partial charge in [-0.3, -0.25) is 9.00 Å². The molecule has 1 aliphatic heterocycles. The fourth-order valence-electron chi connectivity index (χ4n) is 3.52. The summed E-state index contributed by atoms with van der Waals surface area (Å²) in [4.78, 5) is 15.1. The number of benzene rings is 1. The zero-order valence-electron chi connectivity index (χ0n) is 14.4. The third-order valence-corrected chi connectivity index (χ3v) is 5.83. The Morgan fingerprint density at radius 1 is 1.38 bits per heavy atom. The number of piperidine rings is 1. The average Bonchev–Trinajstić information content (AvgIpc) is 2.55. The predicted octanol–water partition coefficient (Wildman–Crippen LogP) is 4.35. The lowest BCUT2D eigenvalue weighted by Crippen LogP contribution is -2.50. The molecule has 1 aliphatic rings. The van der Waals surface area contributed by atoms with Crippen LogP contribution in [0.5, 0.6) is 0 Å². The van der Waals surface area contributed by atoms with E-state index in [9.17, 15) is 9.00 Å². The minimum Gasteiger partial charge on any atom is -0.332 e. The largest absolute Gasteiger partial charge is 0.332 e. The number of amides is 1. The van der Waals surface area contributed by atoms with Crippen LogP contribution >= 0.6 is 11.6 Å². The smallest absolute Gasteiger partial charge is 0.226 e. The van der Waals surface area contributed by atoms with Gasteiger partial charge in [-0.25, -0.2) is 0 Å². The molecule has 1 heterocycles. The summed E-state index contributed by atoms with van der Waals surface area (Å²) in [5, 5.41) is 0.693. The summed E-state index contributed by atoms with van der Waals surface area (Å²) in [7, 11) is -0.937. The number of likely N-dealkylation sites (tertiary alicyclic amines) is 1. The van der Waals surface area contributed by atoms with E-state index in [0.717, 1.165) is 24.8 Å². The molecule has 3 nitrogen and oxygen atoms in total. The number of carbonyl (C=O) groups is 1. The van der Waals surface area contributed by atoms with Crippen molar-refractivity contribution in [3.63, 3.8) is 0 Å². The van der Waals surface area contributed by atoms with Crippen molar-refractivity contribution in [2.45, 2.75) is 44.7 Å². The molecule has 0 aromatic heterocycles. The van der Waals surface area contributed by atoms with Crippen LogP contribution in [0.3, 0.4) is 0 Å². The van der Waals surface area contributed by atoms with Gasteiger partial charge in [0.05, 0.1) is 6.04 Å². The van der Waals surface area contributed by atoms with Gasteiger partial charge in [-0.15, -0.1) is 6.58 Å². The highest BCUT2D eigenvalue weighted by Crippen LogP contribution is 2.38. The van der Waals surface area contributed by atoms with Crippen molar-refractivity contribution >= 4 is 28.3 Å². The maximum absolute atomic E-state index is 13.1. The Kier molecular flexibility index (Phi) is 7.05. The van der Waals surface area contributed by atoms with Gasteiger partial charge in [0.25, 0.3) is 0 Å². The number of hydrogen-bond donors (Lipinski definition) is 0. The molecule has 4 unspecified atom stereocenters. The normalized spacial score (nSPS) is 23.8. The van der Waals surface area contributed by atoms with Crippen LogP contribution in [-0.4, -0.2) is 33.1 Å². The SMILES string of the molecule is C=CCC1CCC(c2ccc(Cl)cc2)N(C(CC)CS(C)=O)C1=O. The van der Waals surface area contributed by atoms with Crippen LogP contribution in [-0.2, 0) is 15.6 Å². The first kappa shape index (κ1) is 19.2. The molecule has 132 valence electrons. The molecule has 1 saturated heterocycles. The molecule has 2 rings (SSSR count). The average molecular weight is 368 g/mol. The Morgan fingerprint density at radius 2 is 2.04 bits per heavy atom. The fraction of sp³-hybridized carbons (Fsp3) is 0.526. The summed E-state index contributed by atoms with van der Waals surface area (Å²) in [5.74, 6) is 0.677. The number of nitrogens with zero attached hydrogens (tertiary/aromatic N) is 1. The summed E-state index contributed by atoms with van der Waals surface area (Å²) < 4.78 is 11.8. The molecule has 0 radical (unpaired) electrons. The predicted molar refractivity (Wildman–Crippen MR) is 102 cm³/mol. The molecule has 0 aliphatic carbocycles. The van der Waals surface area contributed by atoms with Crippen LogP contribution in [0.4, 0.5) is 0 Å². The standard InChI is InChI=1S/C19H26ClNO2S/c1-4-6-15-9-12-18(14-7-10-16(20)11-8-14)21(19(15)22)17(5-2)13-24(3)23/h4,7-8,10-11,15,17-18H,1,5-6,9,12-13H2,2-3H3. The van der Waals surface area contributed by atoms with Gasteiger partial charge in [-0.05, 0) is 43.4 Å². The molecule has 4 atom stereocenters. The third-order valence-electron chi connectivity index (χ3n) is 4.73. The van der Waals surface area contributed by atoms with Gasteiger partial charge in [0.1, 0.15) is 0 Å². The van der Waals surface area contributed by atoms with Gasteiger partial charge in [0, 0.05) is 39.8 Å². The highest BCUT2D eigenvalue weighted by atomic mass is 35.5. The number of rotatable bonds is 7. The summed E-state index contributed by atoms with van der Waals surface area (Å²) in [6, 6.07) is 7.76. The van der Waals surface area contributed by atoms with Gasteiger partial charge in [0.2, 0.25) is 5.91 Å². The van der Waals surface area contributed by atoms with Crippen molar-refractivity contribution in [1.29, 1.82) is 0 Å². The number of carbonyl (C=O) groups excluding carboxylic acids is 1. The van der Waals surface area contributed by atoms with E-state index in [1.165, 1.54) is 0 Å². The van der Waals surface area contributed by atoms with Crippen LogP contribution in [0.15, 0.2) is 36.9 Å². The van der Waals surface area contributed by atoms with E-state index in [1.54, 1.807) is 6.26 Å². The van der Waals surface area contributed by atoms with E-state index >= 15 is 0 Å². The van der Waals surface area contributed by atoms with E-state index in [-0.39, 0.29) is 23.9 Å². The first-order chi connectivity index (χ1) is 11.5. The molecular formula is C19H26ClNO2S. The Hall–Kier alpha value is -1.13. The van der Waals surface area contributed by atoms with Crippen molar-refractivity contribution in [2.75, 3.05) is 12.0 Å². The van der Waals surface area contributed by atoms with Crippen molar-refractivity contribution in [3.05, 3.63) is 47.5 Å². The van der Waals surface area contributed by atoms with E-state index in [0.29, 0.717) is 17.2 Å². The summed E-state index contributed by atoms with van der Waals surface area (Å²) in [6.45, 7) is 5.84.